The number of para-hydroxylation sites is 1. The number of hydrogen-bond donors (Lipinski definition) is 1. The van der Waals surface area contributed by atoms with Crippen LogP contribution in [0.4, 0.5) is 10.5 Å². The van der Waals surface area contributed by atoms with Crippen LogP contribution in [0.1, 0.15) is 78.4 Å². The zero-order valence-corrected chi connectivity index (χ0v) is 17.5. The van der Waals surface area contributed by atoms with E-state index in [4.69, 9.17) is 4.74 Å². The Labute approximate surface area is 158 Å². The van der Waals surface area contributed by atoms with Gasteiger partial charge in [0, 0.05) is 20.0 Å². The van der Waals surface area contributed by atoms with E-state index in [-0.39, 0.29) is 5.91 Å². The molecule has 0 fully saturated rings. The second kappa shape index (κ2) is 9.06. The van der Waals surface area contributed by atoms with Gasteiger partial charge in [-0.25, -0.2) is 4.79 Å². The van der Waals surface area contributed by atoms with Gasteiger partial charge >= 0.3 is 6.09 Å². The summed E-state index contributed by atoms with van der Waals surface area (Å²) in [7, 11) is 0. The molecule has 0 heterocycles. The van der Waals surface area contributed by atoms with E-state index in [2.05, 4.69) is 45.1 Å². The van der Waals surface area contributed by atoms with Crippen molar-refractivity contribution in [3.05, 3.63) is 29.3 Å². The summed E-state index contributed by atoms with van der Waals surface area (Å²) in [6.07, 6.45) is -0.470. The Morgan fingerprint density at radius 1 is 1.08 bits per heavy atom. The molecule has 0 saturated carbocycles. The van der Waals surface area contributed by atoms with Crippen molar-refractivity contribution in [3.8, 4) is 0 Å². The van der Waals surface area contributed by atoms with E-state index in [1.54, 1.807) is 11.8 Å². The van der Waals surface area contributed by atoms with Gasteiger partial charge in [-0.2, -0.15) is 0 Å². The lowest BCUT2D eigenvalue weighted by molar-refractivity contribution is -0.116. The molecule has 1 aromatic rings. The number of amides is 2. The molecule has 0 bridgehead atoms. The van der Waals surface area contributed by atoms with Crippen LogP contribution in [-0.4, -0.2) is 30.7 Å². The number of benzene rings is 1. The first-order valence-corrected chi connectivity index (χ1v) is 9.31. The largest absolute Gasteiger partial charge is 0.444 e. The van der Waals surface area contributed by atoms with E-state index in [1.807, 2.05) is 26.8 Å². The number of carbonyl (C=O) groups is 2. The number of ether oxygens (including phenoxy) is 1. The van der Waals surface area contributed by atoms with E-state index in [9.17, 15) is 9.59 Å². The first-order valence-electron chi connectivity index (χ1n) is 9.31. The summed E-state index contributed by atoms with van der Waals surface area (Å²) in [6, 6.07) is 6.19. The van der Waals surface area contributed by atoms with Gasteiger partial charge < -0.3 is 15.0 Å². The van der Waals surface area contributed by atoms with E-state index in [1.165, 1.54) is 0 Å². The Kier molecular flexibility index (Phi) is 7.67. The number of anilines is 1. The van der Waals surface area contributed by atoms with Gasteiger partial charge in [-0.15, -0.1) is 0 Å². The molecule has 0 aliphatic heterocycles. The molecule has 0 radical (unpaired) electrons. The number of rotatable bonds is 6. The molecule has 1 rings (SSSR count). The van der Waals surface area contributed by atoms with E-state index < -0.39 is 11.7 Å². The van der Waals surface area contributed by atoms with Crippen LogP contribution in [0.5, 0.6) is 0 Å². The zero-order chi connectivity index (χ0) is 20.1. The summed E-state index contributed by atoms with van der Waals surface area (Å²) < 4.78 is 5.26. The highest BCUT2D eigenvalue weighted by molar-refractivity contribution is 5.93. The third-order valence-corrected chi connectivity index (χ3v) is 4.00. The predicted molar refractivity (Wildman–Crippen MR) is 107 cm³/mol. The van der Waals surface area contributed by atoms with Gasteiger partial charge in [0.1, 0.15) is 5.60 Å². The number of alkyl carbamates (subject to hydrolysis) is 1. The molecular formula is C21H34N2O3. The Morgan fingerprint density at radius 3 is 1.96 bits per heavy atom. The van der Waals surface area contributed by atoms with Crippen molar-refractivity contribution in [2.24, 2.45) is 0 Å². The highest BCUT2D eigenvalue weighted by Crippen LogP contribution is 2.35. The molecule has 0 aliphatic rings. The quantitative estimate of drug-likeness (QED) is 0.790. The highest BCUT2D eigenvalue weighted by Gasteiger charge is 2.22. The molecule has 146 valence electrons. The lowest BCUT2D eigenvalue weighted by Crippen LogP contribution is -2.40. The molecule has 0 saturated heterocycles. The Hall–Kier alpha value is -2.04. The molecule has 1 aromatic carbocycles. The topological polar surface area (TPSA) is 58.6 Å². The summed E-state index contributed by atoms with van der Waals surface area (Å²) in [6.45, 7) is 16.3. The molecular weight excluding hydrogens is 328 g/mol. The molecule has 5 heteroatoms. The van der Waals surface area contributed by atoms with Crippen LogP contribution in [0.2, 0.25) is 0 Å². The third kappa shape index (κ3) is 6.36. The van der Waals surface area contributed by atoms with Crippen molar-refractivity contribution < 1.29 is 14.3 Å². The fraction of sp³-hybridized carbons (Fsp3) is 0.619. The van der Waals surface area contributed by atoms with E-state index >= 15 is 0 Å². The van der Waals surface area contributed by atoms with Gasteiger partial charge in [0.05, 0.1) is 5.69 Å². The van der Waals surface area contributed by atoms with Gasteiger partial charge in [0.25, 0.3) is 0 Å². The number of nitrogens with zero attached hydrogens (tertiary/aromatic N) is 1. The molecule has 0 aromatic heterocycles. The van der Waals surface area contributed by atoms with Crippen LogP contribution in [0, 0.1) is 0 Å². The second-order valence-electron chi connectivity index (χ2n) is 8.19. The van der Waals surface area contributed by atoms with Crippen LogP contribution in [0.3, 0.4) is 0 Å². The number of nitrogens with one attached hydrogen (secondary N) is 1. The average Bonchev–Trinajstić information content (AvgIpc) is 2.48. The lowest BCUT2D eigenvalue weighted by Gasteiger charge is -2.29. The van der Waals surface area contributed by atoms with Gasteiger partial charge in [-0.1, -0.05) is 45.9 Å². The van der Waals surface area contributed by atoms with Crippen LogP contribution in [0.25, 0.3) is 0 Å². The fourth-order valence-electron chi connectivity index (χ4n) is 2.83. The van der Waals surface area contributed by atoms with Gasteiger partial charge in [0.2, 0.25) is 5.91 Å². The summed E-state index contributed by atoms with van der Waals surface area (Å²) in [4.78, 5) is 26.0. The van der Waals surface area contributed by atoms with E-state index in [0.29, 0.717) is 24.9 Å². The van der Waals surface area contributed by atoms with Crippen molar-refractivity contribution in [2.45, 2.75) is 72.8 Å². The SMILES string of the molecule is CC(=O)N(CCNC(=O)OC(C)(C)C)c1c(C(C)C)cccc1C(C)C. The summed E-state index contributed by atoms with van der Waals surface area (Å²) >= 11 is 0. The van der Waals surface area contributed by atoms with Crippen molar-refractivity contribution in [1.82, 2.24) is 5.32 Å². The lowest BCUT2D eigenvalue weighted by atomic mass is 9.92. The minimum atomic E-state index is -0.542. The minimum Gasteiger partial charge on any atom is -0.444 e. The van der Waals surface area contributed by atoms with Gasteiger partial charge in [-0.3, -0.25) is 4.79 Å². The molecule has 0 spiro atoms. The molecule has 1 N–H and O–H groups in total. The fourth-order valence-corrected chi connectivity index (χ4v) is 2.83. The summed E-state index contributed by atoms with van der Waals surface area (Å²) in [5, 5.41) is 2.74. The van der Waals surface area contributed by atoms with Crippen molar-refractivity contribution in [3.63, 3.8) is 0 Å². The first kappa shape index (κ1) is 22.0. The van der Waals surface area contributed by atoms with Crippen molar-refractivity contribution in [2.75, 3.05) is 18.0 Å². The minimum absolute atomic E-state index is 0.0361. The maximum atomic E-state index is 12.4. The maximum absolute atomic E-state index is 12.4. The second-order valence-corrected chi connectivity index (χ2v) is 8.19. The number of carbonyl (C=O) groups excluding carboxylic acids is 2. The third-order valence-electron chi connectivity index (χ3n) is 4.00. The Bertz CT molecular complexity index is 604. The summed E-state index contributed by atoms with van der Waals surface area (Å²) in [5.41, 5.74) is 2.71. The molecule has 5 nitrogen and oxygen atoms in total. The van der Waals surface area contributed by atoms with E-state index in [0.717, 1.165) is 16.8 Å². The zero-order valence-electron chi connectivity index (χ0n) is 17.5. The van der Waals surface area contributed by atoms with Crippen LogP contribution in [-0.2, 0) is 9.53 Å². The average molecular weight is 363 g/mol. The molecule has 0 aliphatic carbocycles. The van der Waals surface area contributed by atoms with Crippen molar-refractivity contribution >= 4 is 17.7 Å². The monoisotopic (exact) mass is 362 g/mol. The molecule has 0 unspecified atom stereocenters. The normalized spacial score (nSPS) is 11.6. The predicted octanol–water partition coefficient (Wildman–Crippen LogP) is 4.81. The molecule has 2 amide bonds. The highest BCUT2D eigenvalue weighted by atomic mass is 16.6. The molecule has 26 heavy (non-hydrogen) atoms. The van der Waals surface area contributed by atoms with Gasteiger partial charge in [-0.05, 0) is 43.7 Å². The van der Waals surface area contributed by atoms with Crippen LogP contribution in [0.15, 0.2) is 18.2 Å². The Balaban J connectivity index is 3.04. The van der Waals surface area contributed by atoms with Crippen molar-refractivity contribution in [1.29, 1.82) is 0 Å². The van der Waals surface area contributed by atoms with Gasteiger partial charge in [0.15, 0.2) is 0 Å². The van der Waals surface area contributed by atoms with Crippen LogP contribution >= 0.6 is 0 Å². The molecule has 0 atom stereocenters. The van der Waals surface area contributed by atoms with Crippen LogP contribution < -0.4 is 10.2 Å². The summed E-state index contributed by atoms with van der Waals surface area (Å²) in [5.74, 6) is 0.555. The smallest absolute Gasteiger partial charge is 0.407 e. The Morgan fingerprint density at radius 2 is 1.58 bits per heavy atom. The number of hydrogen-bond acceptors (Lipinski definition) is 3. The maximum Gasteiger partial charge on any atom is 0.407 e. The standard InChI is InChI=1S/C21H34N2O3/c1-14(2)17-10-9-11-18(15(3)4)19(17)23(16(5)24)13-12-22-20(25)26-21(6,7)8/h9-11,14-15H,12-13H2,1-8H3,(H,22,25). The first-order chi connectivity index (χ1) is 11.9.